The number of carbonyl (C=O) groups excluding carboxylic acids is 1. The number of hydrogen-bond donors (Lipinski definition) is 2. The molecule has 0 radical (unpaired) electrons. The summed E-state index contributed by atoms with van der Waals surface area (Å²) >= 11 is 6.60. The van der Waals surface area contributed by atoms with Crippen molar-refractivity contribution >= 4 is 73.7 Å². The predicted molar refractivity (Wildman–Crippen MR) is 97.8 cm³/mol. The van der Waals surface area contributed by atoms with E-state index in [2.05, 4.69) is 73.1 Å². The first kappa shape index (κ1) is 16.9. The fourth-order valence-corrected chi connectivity index (χ4v) is 3.86. The molecule has 0 aliphatic heterocycles. The standard InChI is InChI=1S/C12H14I3NO2/c1-2-3-8(17)6-16-12(18)9-4-7(13)5-10(14)11(9)15/h4-5,8,17H,2-3,6H2,1H3,(H,16,18). The van der Waals surface area contributed by atoms with Crippen molar-refractivity contribution in [2.45, 2.75) is 25.9 Å². The van der Waals surface area contributed by atoms with Crippen molar-refractivity contribution < 1.29 is 9.90 Å². The molecule has 0 aromatic heterocycles. The molecule has 2 N–H and O–H groups in total. The predicted octanol–water partition coefficient (Wildman–Crippen LogP) is 3.39. The number of rotatable bonds is 5. The van der Waals surface area contributed by atoms with Crippen LogP contribution in [0.25, 0.3) is 0 Å². The van der Waals surface area contributed by atoms with Crippen LogP contribution in [-0.2, 0) is 0 Å². The first-order valence-electron chi connectivity index (χ1n) is 5.56. The number of halogens is 3. The molecular formula is C12H14I3NO2. The normalized spacial score (nSPS) is 12.3. The van der Waals surface area contributed by atoms with E-state index >= 15 is 0 Å². The summed E-state index contributed by atoms with van der Waals surface area (Å²) in [5.74, 6) is -0.119. The summed E-state index contributed by atoms with van der Waals surface area (Å²) in [7, 11) is 0. The van der Waals surface area contributed by atoms with Gasteiger partial charge in [0.15, 0.2) is 0 Å². The van der Waals surface area contributed by atoms with Crippen molar-refractivity contribution in [3.63, 3.8) is 0 Å². The van der Waals surface area contributed by atoms with E-state index < -0.39 is 6.10 Å². The fraction of sp³-hybridized carbons (Fsp3) is 0.417. The summed E-state index contributed by atoms with van der Waals surface area (Å²) in [6, 6.07) is 3.90. The Morgan fingerprint density at radius 3 is 2.67 bits per heavy atom. The first-order chi connectivity index (χ1) is 8.45. The van der Waals surface area contributed by atoms with Crippen molar-refractivity contribution in [2.75, 3.05) is 6.54 Å². The Morgan fingerprint density at radius 1 is 1.39 bits per heavy atom. The van der Waals surface area contributed by atoms with E-state index in [0.717, 1.165) is 17.1 Å². The van der Waals surface area contributed by atoms with Gasteiger partial charge in [-0.2, -0.15) is 0 Å². The Balaban J connectivity index is 2.73. The largest absolute Gasteiger partial charge is 0.391 e. The second kappa shape index (κ2) is 8.20. The van der Waals surface area contributed by atoms with Crippen LogP contribution in [0.1, 0.15) is 30.1 Å². The van der Waals surface area contributed by atoms with Crippen molar-refractivity contribution in [3.8, 4) is 0 Å². The number of hydrogen-bond acceptors (Lipinski definition) is 2. The van der Waals surface area contributed by atoms with Gasteiger partial charge in [0.2, 0.25) is 0 Å². The molecule has 6 heteroatoms. The van der Waals surface area contributed by atoms with Crippen LogP contribution in [0.2, 0.25) is 0 Å². The topological polar surface area (TPSA) is 49.3 Å². The van der Waals surface area contributed by atoms with E-state index in [0.29, 0.717) is 18.5 Å². The Hall–Kier alpha value is 0.840. The second-order valence-electron chi connectivity index (χ2n) is 3.90. The molecule has 1 atom stereocenters. The SMILES string of the molecule is CCCC(O)CNC(=O)c1cc(I)cc(I)c1I. The third kappa shape index (κ3) is 5.08. The highest BCUT2D eigenvalue weighted by molar-refractivity contribution is 14.1. The summed E-state index contributed by atoms with van der Waals surface area (Å²) in [5.41, 5.74) is 0.676. The van der Waals surface area contributed by atoms with E-state index in [-0.39, 0.29) is 5.91 Å². The average Bonchev–Trinajstić information content (AvgIpc) is 2.31. The molecular weight excluding hydrogens is 571 g/mol. The van der Waals surface area contributed by atoms with Gasteiger partial charge in [-0.05, 0) is 86.3 Å². The van der Waals surface area contributed by atoms with Crippen LogP contribution in [0.5, 0.6) is 0 Å². The van der Waals surface area contributed by atoms with Gasteiger partial charge < -0.3 is 10.4 Å². The summed E-state index contributed by atoms with van der Waals surface area (Å²) in [5, 5.41) is 12.4. The van der Waals surface area contributed by atoms with Crippen LogP contribution in [-0.4, -0.2) is 23.7 Å². The molecule has 0 saturated carbocycles. The molecule has 100 valence electrons. The van der Waals surface area contributed by atoms with Gasteiger partial charge in [0.25, 0.3) is 5.91 Å². The Labute approximate surface area is 148 Å². The summed E-state index contributed by atoms with van der Waals surface area (Å²) in [6.07, 6.45) is 1.16. The minimum absolute atomic E-state index is 0.119. The fourth-order valence-electron chi connectivity index (χ4n) is 1.46. The van der Waals surface area contributed by atoms with Crippen LogP contribution >= 0.6 is 67.8 Å². The molecule has 0 bridgehead atoms. The Kier molecular flexibility index (Phi) is 7.70. The van der Waals surface area contributed by atoms with Crippen molar-refractivity contribution in [2.24, 2.45) is 0 Å². The second-order valence-corrected chi connectivity index (χ2v) is 7.39. The summed E-state index contributed by atoms with van der Waals surface area (Å²) < 4.78 is 3.06. The molecule has 0 fully saturated rings. The van der Waals surface area contributed by atoms with Crippen LogP contribution in [0.3, 0.4) is 0 Å². The lowest BCUT2D eigenvalue weighted by Crippen LogP contribution is -2.32. The summed E-state index contributed by atoms with van der Waals surface area (Å²) in [6.45, 7) is 2.32. The minimum Gasteiger partial charge on any atom is -0.391 e. The molecule has 0 aliphatic rings. The average molecular weight is 585 g/mol. The van der Waals surface area contributed by atoms with Crippen LogP contribution < -0.4 is 5.32 Å². The zero-order valence-corrected chi connectivity index (χ0v) is 16.3. The molecule has 0 spiro atoms. The van der Waals surface area contributed by atoms with E-state index in [9.17, 15) is 9.90 Å². The van der Waals surface area contributed by atoms with Gasteiger partial charge in [-0.3, -0.25) is 4.79 Å². The highest BCUT2D eigenvalue weighted by Gasteiger charge is 2.14. The van der Waals surface area contributed by atoms with Crippen LogP contribution in [0, 0.1) is 10.7 Å². The third-order valence-electron chi connectivity index (χ3n) is 2.36. The van der Waals surface area contributed by atoms with Crippen LogP contribution in [0.4, 0.5) is 0 Å². The minimum atomic E-state index is -0.460. The Bertz CT molecular complexity index is 438. The monoisotopic (exact) mass is 585 g/mol. The number of amides is 1. The molecule has 1 aromatic rings. The number of carbonyl (C=O) groups is 1. The first-order valence-corrected chi connectivity index (χ1v) is 8.80. The zero-order valence-electron chi connectivity index (χ0n) is 9.84. The molecule has 1 rings (SSSR count). The summed E-state index contributed by atoms with van der Waals surface area (Å²) in [4.78, 5) is 12.0. The van der Waals surface area contributed by atoms with Crippen molar-refractivity contribution in [3.05, 3.63) is 28.4 Å². The maximum absolute atomic E-state index is 12.0. The number of nitrogens with one attached hydrogen (secondary N) is 1. The van der Waals surface area contributed by atoms with Gasteiger partial charge in [-0.1, -0.05) is 13.3 Å². The van der Waals surface area contributed by atoms with Gasteiger partial charge >= 0.3 is 0 Å². The lowest BCUT2D eigenvalue weighted by Gasteiger charge is -2.12. The number of aliphatic hydroxyl groups is 1. The maximum atomic E-state index is 12.0. The van der Waals surface area contributed by atoms with Crippen molar-refractivity contribution in [1.29, 1.82) is 0 Å². The van der Waals surface area contributed by atoms with Crippen LogP contribution in [0.15, 0.2) is 12.1 Å². The highest BCUT2D eigenvalue weighted by atomic mass is 127. The smallest absolute Gasteiger partial charge is 0.252 e. The quantitative estimate of drug-likeness (QED) is 0.412. The molecule has 0 saturated heterocycles. The maximum Gasteiger partial charge on any atom is 0.252 e. The lowest BCUT2D eigenvalue weighted by atomic mass is 10.2. The number of aliphatic hydroxyl groups excluding tert-OH is 1. The number of benzene rings is 1. The lowest BCUT2D eigenvalue weighted by molar-refractivity contribution is 0.0909. The van der Waals surface area contributed by atoms with Gasteiger partial charge in [0.1, 0.15) is 0 Å². The van der Waals surface area contributed by atoms with E-state index in [4.69, 9.17) is 0 Å². The van der Waals surface area contributed by atoms with Crippen molar-refractivity contribution in [1.82, 2.24) is 5.32 Å². The molecule has 18 heavy (non-hydrogen) atoms. The van der Waals surface area contributed by atoms with Gasteiger partial charge in [0, 0.05) is 17.3 Å². The Morgan fingerprint density at radius 2 is 2.06 bits per heavy atom. The molecule has 1 amide bonds. The molecule has 0 aliphatic carbocycles. The van der Waals surface area contributed by atoms with E-state index in [1.54, 1.807) is 0 Å². The van der Waals surface area contributed by atoms with E-state index in [1.165, 1.54) is 0 Å². The zero-order chi connectivity index (χ0) is 13.7. The third-order valence-corrected chi connectivity index (χ3v) is 6.03. The molecule has 0 heterocycles. The molecule has 1 unspecified atom stereocenters. The molecule has 1 aromatic carbocycles. The molecule has 3 nitrogen and oxygen atoms in total. The van der Waals surface area contributed by atoms with Gasteiger partial charge in [-0.25, -0.2) is 0 Å². The van der Waals surface area contributed by atoms with E-state index in [1.807, 2.05) is 19.1 Å². The van der Waals surface area contributed by atoms with Gasteiger partial charge in [0.05, 0.1) is 11.7 Å². The van der Waals surface area contributed by atoms with Gasteiger partial charge in [-0.15, -0.1) is 0 Å². The highest BCUT2D eigenvalue weighted by Crippen LogP contribution is 2.22.